The van der Waals surface area contributed by atoms with Gasteiger partial charge in [-0.15, -0.1) is 5.10 Å². The number of aromatic nitrogens is 3. The second kappa shape index (κ2) is 9.19. The van der Waals surface area contributed by atoms with Crippen molar-refractivity contribution < 1.29 is 9.18 Å². The van der Waals surface area contributed by atoms with Gasteiger partial charge in [0.05, 0.1) is 6.54 Å². The van der Waals surface area contributed by atoms with Crippen LogP contribution in [0, 0.1) is 5.82 Å². The highest BCUT2D eigenvalue weighted by molar-refractivity contribution is 7.20. The van der Waals surface area contributed by atoms with E-state index in [9.17, 15) is 9.18 Å². The predicted molar refractivity (Wildman–Crippen MR) is 131 cm³/mol. The number of nitrogens with one attached hydrogen (secondary N) is 2. The van der Waals surface area contributed by atoms with Crippen LogP contribution in [0.2, 0.25) is 0 Å². The van der Waals surface area contributed by atoms with E-state index >= 15 is 0 Å². The van der Waals surface area contributed by atoms with Crippen molar-refractivity contribution in [1.29, 1.82) is 0 Å². The number of hydrogen-bond acceptors (Lipinski definition) is 6. The Hall–Kier alpha value is -3.46. The lowest BCUT2D eigenvalue weighted by atomic mass is 10.1. The number of hydrogen-bond donors (Lipinski definition) is 2. The van der Waals surface area contributed by atoms with Crippen molar-refractivity contribution in [2.24, 2.45) is 0 Å². The molecule has 0 unspecified atom stereocenters. The number of nitrogens with zero attached hydrogens (tertiary/aromatic N) is 4. The third-order valence-electron chi connectivity index (χ3n) is 4.82. The smallest absolute Gasteiger partial charge is 0.239 e. The van der Waals surface area contributed by atoms with Crippen LogP contribution in [0.25, 0.3) is 16.2 Å². The van der Waals surface area contributed by atoms with Crippen LogP contribution in [0.3, 0.4) is 0 Å². The van der Waals surface area contributed by atoms with E-state index in [0.717, 1.165) is 22.0 Å². The van der Waals surface area contributed by atoms with Crippen molar-refractivity contribution in [1.82, 2.24) is 19.9 Å². The fourth-order valence-corrected chi connectivity index (χ4v) is 4.21. The van der Waals surface area contributed by atoms with Gasteiger partial charge in [0.1, 0.15) is 11.5 Å². The second-order valence-electron chi connectivity index (χ2n) is 8.89. The Labute approximate surface area is 196 Å². The molecule has 33 heavy (non-hydrogen) atoms. The maximum Gasteiger partial charge on any atom is 0.239 e. The average Bonchev–Trinajstić information content (AvgIpc) is 3.31. The van der Waals surface area contributed by atoms with E-state index in [1.54, 1.807) is 21.5 Å². The van der Waals surface area contributed by atoms with Crippen molar-refractivity contribution >= 4 is 33.2 Å². The fraction of sp³-hybridized carbons (Fsp3) is 0.292. The topological polar surface area (TPSA) is 74.6 Å². The number of amides is 1. The summed E-state index contributed by atoms with van der Waals surface area (Å²) in [6.07, 6.45) is 0. The maximum absolute atomic E-state index is 13.3. The Kier molecular flexibility index (Phi) is 6.33. The van der Waals surface area contributed by atoms with Gasteiger partial charge in [0, 0.05) is 24.7 Å². The summed E-state index contributed by atoms with van der Waals surface area (Å²) >= 11 is 1.42. The van der Waals surface area contributed by atoms with Crippen LogP contribution in [0.15, 0.2) is 54.6 Å². The van der Waals surface area contributed by atoms with E-state index in [-0.39, 0.29) is 30.4 Å². The molecule has 2 N–H and O–H groups in total. The van der Waals surface area contributed by atoms with Crippen LogP contribution in [-0.2, 0) is 11.3 Å². The lowest BCUT2D eigenvalue weighted by Gasteiger charge is -2.22. The summed E-state index contributed by atoms with van der Waals surface area (Å²) in [6.45, 7) is 6.65. The quantitative estimate of drug-likeness (QED) is 0.418. The fourth-order valence-electron chi connectivity index (χ4n) is 3.34. The summed E-state index contributed by atoms with van der Waals surface area (Å²) in [7, 11) is 1.81. The molecule has 2 heterocycles. The second-order valence-corrected chi connectivity index (χ2v) is 9.83. The molecule has 2 aromatic heterocycles. The van der Waals surface area contributed by atoms with Gasteiger partial charge in [-0.25, -0.2) is 9.37 Å². The van der Waals surface area contributed by atoms with Gasteiger partial charge in [0.25, 0.3) is 0 Å². The molecule has 0 aliphatic carbocycles. The molecule has 0 saturated carbocycles. The monoisotopic (exact) mass is 466 g/mol. The van der Waals surface area contributed by atoms with Crippen molar-refractivity contribution in [3.8, 4) is 11.3 Å². The predicted octanol–water partition coefficient (Wildman–Crippen LogP) is 4.56. The van der Waals surface area contributed by atoms with E-state index in [1.165, 1.54) is 23.5 Å². The van der Waals surface area contributed by atoms with Crippen LogP contribution < -0.4 is 15.5 Å². The zero-order valence-electron chi connectivity index (χ0n) is 19.1. The molecule has 4 aromatic rings. The highest BCUT2D eigenvalue weighted by atomic mass is 32.1. The Morgan fingerprint density at radius 1 is 1.15 bits per heavy atom. The molecule has 0 aliphatic rings. The minimum atomic E-state index is -0.320. The SMILES string of the molecule is CN(CC(=O)NCc1cccc(F)c1)c1nn2c(NC(C)(C)C)c(-c3ccccc3)nc2s1. The minimum Gasteiger partial charge on any atom is -0.364 e. The Balaban J connectivity index is 1.52. The third-order valence-corrected chi connectivity index (χ3v) is 5.84. The zero-order chi connectivity index (χ0) is 23.6. The highest BCUT2D eigenvalue weighted by Crippen LogP contribution is 2.34. The summed E-state index contributed by atoms with van der Waals surface area (Å²) < 4.78 is 15.1. The number of carbonyl (C=O) groups is 1. The molecule has 7 nitrogen and oxygen atoms in total. The highest BCUT2D eigenvalue weighted by Gasteiger charge is 2.23. The molecular weight excluding hydrogens is 439 g/mol. The first kappa shape index (κ1) is 22.7. The molecule has 0 bridgehead atoms. The van der Waals surface area contributed by atoms with Crippen molar-refractivity contribution in [2.45, 2.75) is 32.9 Å². The van der Waals surface area contributed by atoms with Crippen molar-refractivity contribution in [3.05, 3.63) is 66.0 Å². The molecule has 2 aromatic carbocycles. The van der Waals surface area contributed by atoms with E-state index in [2.05, 4.69) is 31.4 Å². The van der Waals surface area contributed by atoms with Crippen molar-refractivity contribution in [3.63, 3.8) is 0 Å². The van der Waals surface area contributed by atoms with Crippen molar-refractivity contribution in [2.75, 3.05) is 23.8 Å². The molecule has 0 saturated heterocycles. The van der Waals surface area contributed by atoms with Gasteiger partial charge < -0.3 is 15.5 Å². The van der Waals surface area contributed by atoms with Gasteiger partial charge in [-0.05, 0) is 38.5 Å². The lowest BCUT2D eigenvalue weighted by Crippen LogP contribution is -2.34. The summed E-state index contributed by atoms with van der Waals surface area (Å²) in [6, 6.07) is 16.2. The minimum absolute atomic E-state index is 0.125. The first-order chi connectivity index (χ1) is 15.7. The molecular formula is C24H27FN6OS. The van der Waals surface area contributed by atoms with Gasteiger partial charge in [-0.1, -0.05) is 53.8 Å². The summed E-state index contributed by atoms with van der Waals surface area (Å²) in [5.74, 6) is 0.322. The zero-order valence-corrected chi connectivity index (χ0v) is 19.9. The summed E-state index contributed by atoms with van der Waals surface area (Å²) in [4.78, 5) is 19.8. The number of likely N-dealkylation sites (N-methyl/N-ethyl adjacent to an activating group) is 1. The molecule has 0 fully saturated rings. The summed E-state index contributed by atoms with van der Waals surface area (Å²) in [5.41, 5.74) is 2.37. The number of carbonyl (C=O) groups excluding carboxylic acids is 1. The van der Waals surface area contributed by atoms with E-state index in [4.69, 9.17) is 10.1 Å². The lowest BCUT2D eigenvalue weighted by molar-refractivity contribution is -0.119. The van der Waals surface area contributed by atoms with E-state index < -0.39 is 0 Å². The number of fused-ring (bicyclic) bond motifs is 1. The maximum atomic E-state index is 13.3. The largest absolute Gasteiger partial charge is 0.364 e. The standard InChI is InChI=1S/C24H27FN6OS/c1-24(2,3)28-21-20(17-10-6-5-7-11-17)27-22-31(21)29-23(33-22)30(4)15-19(32)26-14-16-9-8-12-18(25)13-16/h5-13,28H,14-15H2,1-4H3,(H,26,32). The van der Waals surface area contributed by atoms with Gasteiger partial charge in [0.15, 0.2) is 5.82 Å². The van der Waals surface area contributed by atoms with E-state index in [1.807, 2.05) is 37.4 Å². The molecule has 4 rings (SSSR count). The van der Waals surface area contributed by atoms with Gasteiger partial charge in [0.2, 0.25) is 16.0 Å². The van der Waals surface area contributed by atoms with Gasteiger partial charge >= 0.3 is 0 Å². The molecule has 1 amide bonds. The average molecular weight is 467 g/mol. The third kappa shape index (κ3) is 5.48. The number of imidazole rings is 1. The number of halogens is 1. The number of rotatable bonds is 7. The van der Waals surface area contributed by atoms with Gasteiger partial charge in [-0.2, -0.15) is 4.52 Å². The van der Waals surface area contributed by atoms with Crippen LogP contribution in [0.5, 0.6) is 0 Å². The molecule has 0 aliphatic heterocycles. The molecule has 0 radical (unpaired) electrons. The van der Waals surface area contributed by atoms with Crippen LogP contribution in [0.1, 0.15) is 26.3 Å². The normalized spacial score (nSPS) is 11.5. The Morgan fingerprint density at radius 2 is 1.91 bits per heavy atom. The number of benzene rings is 2. The molecule has 172 valence electrons. The molecule has 9 heteroatoms. The first-order valence-electron chi connectivity index (χ1n) is 10.6. The van der Waals surface area contributed by atoms with Gasteiger partial charge in [-0.3, -0.25) is 4.79 Å². The van der Waals surface area contributed by atoms with Crippen LogP contribution >= 0.6 is 11.3 Å². The molecule has 0 atom stereocenters. The molecule has 0 spiro atoms. The van der Waals surface area contributed by atoms with Crippen LogP contribution in [-0.4, -0.2) is 39.6 Å². The Morgan fingerprint density at radius 3 is 2.61 bits per heavy atom. The Bertz CT molecular complexity index is 1260. The van der Waals surface area contributed by atoms with Crippen LogP contribution in [0.4, 0.5) is 15.3 Å². The summed E-state index contributed by atoms with van der Waals surface area (Å²) in [5, 5.41) is 11.8. The first-order valence-corrected chi connectivity index (χ1v) is 11.5. The van der Waals surface area contributed by atoms with E-state index in [0.29, 0.717) is 10.7 Å². The number of anilines is 2.